The predicted octanol–water partition coefficient (Wildman–Crippen LogP) is -0.209. The number of H-pyrrole nitrogens is 1. The molecule has 0 aromatic carbocycles. The van der Waals surface area contributed by atoms with Crippen LogP contribution in [0, 0.1) is 4.91 Å². The molecular weight excluding hydrogens is 124 g/mol. The van der Waals surface area contributed by atoms with E-state index in [0.29, 0.717) is 0 Å². The van der Waals surface area contributed by atoms with Crippen LogP contribution < -0.4 is 5.73 Å². The predicted molar refractivity (Wildman–Crippen MR) is 28.1 cm³/mol. The number of hydrogen-bond acceptors (Lipinski definition) is 3. The standard InChI is InChI=1S/C3H5N4O2/c4-3-2(7(8)9)1-5-6-3/h1H,(H,8,9)(H3,4,5,6)/q+1. The first-order valence-electron chi connectivity index (χ1n) is 2.17. The van der Waals surface area contributed by atoms with E-state index in [4.69, 9.17) is 10.9 Å². The smallest absolute Gasteiger partial charge is 0.377 e. The maximum absolute atomic E-state index is 10.1. The second-order valence-electron chi connectivity index (χ2n) is 1.44. The van der Waals surface area contributed by atoms with E-state index in [1.165, 1.54) is 0 Å². The molecule has 6 nitrogen and oxygen atoms in total. The Labute approximate surface area is 49.8 Å². The van der Waals surface area contributed by atoms with Gasteiger partial charge in [0.1, 0.15) is 6.20 Å². The lowest BCUT2D eigenvalue weighted by molar-refractivity contribution is -0.729. The van der Waals surface area contributed by atoms with Crippen LogP contribution in [0.25, 0.3) is 0 Å². The van der Waals surface area contributed by atoms with Gasteiger partial charge < -0.3 is 5.73 Å². The van der Waals surface area contributed by atoms with Crippen LogP contribution in [0.3, 0.4) is 0 Å². The SMILES string of the molecule is Nc1[nH]ncc1[N+](=O)O. The molecule has 0 bridgehead atoms. The van der Waals surface area contributed by atoms with Gasteiger partial charge in [-0.05, 0) is 0 Å². The van der Waals surface area contributed by atoms with Gasteiger partial charge in [0, 0.05) is 0 Å². The van der Waals surface area contributed by atoms with Crippen LogP contribution in [-0.2, 0) is 0 Å². The van der Waals surface area contributed by atoms with Crippen LogP contribution >= 0.6 is 0 Å². The highest BCUT2D eigenvalue weighted by molar-refractivity contribution is 5.49. The number of nitrogen functional groups attached to an aromatic ring is 1. The summed E-state index contributed by atoms with van der Waals surface area (Å²) in [6.45, 7) is 0. The molecule has 1 aromatic heterocycles. The molecule has 0 aliphatic heterocycles. The third kappa shape index (κ3) is 0.809. The summed E-state index contributed by atoms with van der Waals surface area (Å²) < 4.78 is 0. The van der Waals surface area contributed by atoms with E-state index in [1.54, 1.807) is 0 Å². The molecule has 0 aliphatic carbocycles. The summed E-state index contributed by atoms with van der Waals surface area (Å²) in [5.41, 5.74) is 5.05. The van der Waals surface area contributed by atoms with Crippen molar-refractivity contribution in [3.63, 3.8) is 0 Å². The molecule has 6 heteroatoms. The Morgan fingerprint density at radius 1 is 1.89 bits per heavy atom. The van der Waals surface area contributed by atoms with Crippen LogP contribution in [0.1, 0.15) is 0 Å². The fourth-order valence-electron chi connectivity index (χ4n) is 0.442. The van der Waals surface area contributed by atoms with Gasteiger partial charge in [0.15, 0.2) is 0 Å². The van der Waals surface area contributed by atoms with Crippen molar-refractivity contribution in [2.24, 2.45) is 0 Å². The number of nitrogens with one attached hydrogen (secondary N) is 1. The van der Waals surface area contributed by atoms with Gasteiger partial charge in [-0.3, -0.25) is 5.10 Å². The lowest BCUT2D eigenvalue weighted by atomic mass is 10.5. The van der Waals surface area contributed by atoms with Gasteiger partial charge in [0.2, 0.25) is 5.82 Å². The molecule has 4 N–H and O–H groups in total. The first kappa shape index (κ1) is 5.54. The number of anilines is 1. The van der Waals surface area contributed by atoms with E-state index in [2.05, 4.69) is 10.2 Å². The number of nitrogens with zero attached hydrogens (tertiary/aromatic N) is 2. The number of aromatic nitrogens is 2. The zero-order valence-corrected chi connectivity index (χ0v) is 4.40. The Kier molecular flexibility index (Phi) is 1.07. The quantitative estimate of drug-likeness (QED) is 0.457. The number of aromatic amines is 1. The first-order valence-corrected chi connectivity index (χ1v) is 2.17. The summed E-state index contributed by atoms with van der Waals surface area (Å²) in [5.74, 6) is 0.0486. The normalized spacial score (nSPS) is 9.33. The highest BCUT2D eigenvalue weighted by Crippen LogP contribution is 2.14. The van der Waals surface area contributed by atoms with E-state index in [1.807, 2.05) is 0 Å². The second-order valence-corrected chi connectivity index (χ2v) is 1.44. The lowest BCUT2D eigenvalue weighted by Crippen LogP contribution is -1.94. The van der Waals surface area contributed by atoms with Crippen LogP contribution in [0.5, 0.6) is 0 Å². The number of hydrogen-bond donors (Lipinski definition) is 3. The molecule has 0 spiro atoms. The topological polar surface area (TPSA) is 95.0 Å². The van der Waals surface area contributed by atoms with Crippen molar-refractivity contribution >= 4 is 11.5 Å². The molecule has 48 valence electrons. The monoisotopic (exact) mass is 129 g/mol. The molecule has 1 aromatic rings. The first-order chi connectivity index (χ1) is 4.22. The lowest BCUT2D eigenvalue weighted by Gasteiger charge is -1.76. The van der Waals surface area contributed by atoms with Crippen LogP contribution in [0.4, 0.5) is 11.5 Å². The Hall–Kier alpha value is -1.59. The highest BCUT2D eigenvalue weighted by atomic mass is 16.6. The maximum atomic E-state index is 10.1. The summed E-state index contributed by atoms with van der Waals surface area (Å²) in [6, 6.07) is 0. The minimum absolute atomic E-state index is 0.0486. The molecule has 0 saturated carbocycles. The summed E-state index contributed by atoms with van der Waals surface area (Å²) in [4.78, 5) is 9.71. The average Bonchev–Trinajstić information content (AvgIpc) is 2.13. The summed E-state index contributed by atoms with van der Waals surface area (Å²) in [7, 11) is 0. The molecule has 0 fully saturated rings. The molecule has 0 radical (unpaired) electrons. The van der Waals surface area contributed by atoms with Crippen molar-refractivity contribution in [3.8, 4) is 0 Å². The van der Waals surface area contributed by atoms with E-state index in [9.17, 15) is 4.91 Å². The van der Waals surface area contributed by atoms with Gasteiger partial charge in [-0.2, -0.15) is 5.10 Å². The molecule has 0 saturated heterocycles. The van der Waals surface area contributed by atoms with Crippen molar-refractivity contribution < 1.29 is 10.1 Å². The fourth-order valence-corrected chi connectivity index (χ4v) is 0.442. The van der Waals surface area contributed by atoms with Crippen molar-refractivity contribution in [2.75, 3.05) is 5.73 Å². The third-order valence-corrected chi connectivity index (χ3v) is 0.854. The summed E-state index contributed by atoms with van der Waals surface area (Å²) >= 11 is 0. The van der Waals surface area contributed by atoms with Gasteiger partial charge in [-0.25, -0.2) is 5.21 Å². The van der Waals surface area contributed by atoms with Crippen LogP contribution in [0.2, 0.25) is 0 Å². The van der Waals surface area contributed by atoms with Crippen molar-refractivity contribution in [3.05, 3.63) is 11.1 Å². The van der Waals surface area contributed by atoms with Gasteiger partial charge in [-0.1, -0.05) is 0 Å². The zero-order valence-electron chi connectivity index (χ0n) is 4.40. The van der Waals surface area contributed by atoms with Gasteiger partial charge in [0.05, 0.1) is 4.91 Å². The van der Waals surface area contributed by atoms with E-state index < -0.39 is 0 Å². The second kappa shape index (κ2) is 1.73. The highest BCUT2D eigenvalue weighted by Gasteiger charge is 2.17. The van der Waals surface area contributed by atoms with Crippen molar-refractivity contribution in [2.45, 2.75) is 0 Å². The Morgan fingerprint density at radius 2 is 2.56 bits per heavy atom. The fraction of sp³-hybridized carbons (Fsp3) is 0. The summed E-state index contributed by atoms with van der Waals surface area (Å²) in [5, 5.41) is 13.9. The molecular formula is C3H5N4O2+. The number of rotatable bonds is 1. The van der Waals surface area contributed by atoms with Gasteiger partial charge in [-0.15, -0.1) is 0 Å². The molecule has 0 amide bonds. The molecule has 0 atom stereocenters. The largest absolute Gasteiger partial charge is 0.378 e. The Balaban J connectivity index is 3.08. The van der Waals surface area contributed by atoms with Gasteiger partial charge in [0.25, 0.3) is 4.92 Å². The van der Waals surface area contributed by atoms with Crippen molar-refractivity contribution in [1.82, 2.24) is 10.2 Å². The van der Waals surface area contributed by atoms with Crippen LogP contribution in [-0.4, -0.2) is 20.3 Å². The summed E-state index contributed by atoms with van der Waals surface area (Å²) in [6.07, 6.45) is 1.13. The molecule has 0 unspecified atom stereocenters. The van der Waals surface area contributed by atoms with E-state index >= 15 is 0 Å². The van der Waals surface area contributed by atoms with Crippen molar-refractivity contribution in [1.29, 1.82) is 0 Å². The molecule has 1 heterocycles. The third-order valence-electron chi connectivity index (χ3n) is 0.854. The van der Waals surface area contributed by atoms with Gasteiger partial charge >= 0.3 is 5.69 Å². The Bertz CT molecular complexity index is 229. The number of nitrogens with two attached hydrogens (primary N) is 1. The minimum atomic E-state index is -0.348. The van der Waals surface area contributed by atoms with Crippen LogP contribution in [0.15, 0.2) is 6.20 Å². The molecule has 1 rings (SSSR count). The zero-order chi connectivity index (χ0) is 6.85. The Morgan fingerprint density at radius 3 is 2.78 bits per heavy atom. The maximum Gasteiger partial charge on any atom is 0.377 e. The molecule has 0 aliphatic rings. The van der Waals surface area contributed by atoms with E-state index in [0.717, 1.165) is 6.20 Å². The average molecular weight is 129 g/mol. The minimum Gasteiger partial charge on any atom is -0.378 e. The molecule has 9 heavy (non-hydrogen) atoms. The van der Waals surface area contributed by atoms with E-state index in [-0.39, 0.29) is 16.4 Å².